The smallest absolute Gasteiger partial charge is 0.133 e. The van der Waals surface area contributed by atoms with E-state index in [1.165, 1.54) is 12.8 Å². The summed E-state index contributed by atoms with van der Waals surface area (Å²) in [6.45, 7) is 4.50. The Morgan fingerprint density at radius 2 is 2.33 bits per heavy atom. The van der Waals surface area contributed by atoms with Crippen LogP contribution in [0.4, 0.5) is 5.82 Å². The number of aromatic nitrogens is 1. The normalized spacial score (nSPS) is 16.6. The van der Waals surface area contributed by atoms with Gasteiger partial charge in [-0.25, -0.2) is 4.98 Å². The van der Waals surface area contributed by atoms with Crippen LogP contribution in [0.1, 0.15) is 31.4 Å². The van der Waals surface area contributed by atoms with Gasteiger partial charge < -0.3 is 15.4 Å². The second-order valence-corrected chi connectivity index (χ2v) is 5.14. The van der Waals surface area contributed by atoms with Crippen molar-refractivity contribution in [1.82, 2.24) is 4.98 Å². The van der Waals surface area contributed by atoms with Crippen molar-refractivity contribution in [2.45, 2.75) is 25.8 Å². The van der Waals surface area contributed by atoms with Gasteiger partial charge in [0.2, 0.25) is 0 Å². The van der Waals surface area contributed by atoms with Gasteiger partial charge in [-0.15, -0.1) is 0 Å². The number of ether oxygens (including phenoxy) is 1. The molecule has 2 N–H and O–H groups in total. The number of rotatable bonds is 7. The van der Waals surface area contributed by atoms with Gasteiger partial charge in [0.15, 0.2) is 0 Å². The number of hydrogen-bond acceptors (Lipinski definition) is 4. The van der Waals surface area contributed by atoms with Gasteiger partial charge >= 0.3 is 0 Å². The number of pyridine rings is 1. The maximum atomic E-state index is 5.96. The highest BCUT2D eigenvalue weighted by atomic mass is 16.5. The minimum Gasteiger partial charge on any atom is -0.379 e. The summed E-state index contributed by atoms with van der Waals surface area (Å²) in [5.74, 6) is 1.78. The van der Waals surface area contributed by atoms with E-state index in [0.29, 0.717) is 0 Å². The second kappa shape index (κ2) is 6.16. The fourth-order valence-electron chi connectivity index (χ4n) is 1.93. The van der Waals surface area contributed by atoms with Crippen LogP contribution in [0.2, 0.25) is 0 Å². The molecule has 2 rings (SSSR count). The monoisotopic (exact) mass is 249 g/mol. The summed E-state index contributed by atoms with van der Waals surface area (Å²) in [7, 11) is 2.04. The van der Waals surface area contributed by atoms with Crippen LogP contribution in [-0.4, -0.2) is 31.8 Å². The second-order valence-electron chi connectivity index (χ2n) is 5.14. The Hall–Kier alpha value is -1.13. The first-order valence-electron chi connectivity index (χ1n) is 6.68. The van der Waals surface area contributed by atoms with Crippen molar-refractivity contribution in [3.63, 3.8) is 0 Å². The lowest BCUT2D eigenvalue weighted by Gasteiger charge is -2.22. The molecule has 18 heavy (non-hydrogen) atoms. The lowest BCUT2D eigenvalue weighted by atomic mass is 10.1. The summed E-state index contributed by atoms with van der Waals surface area (Å²) in [6, 6.07) is 3.97. The van der Waals surface area contributed by atoms with Gasteiger partial charge in [-0.3, -0.25) is 0 Å². The van der Waals surface area contributed by atoms with E-state index in [0.717, 1.165) is 37.1 Å². The predicted octanol–water partition coefficient (Wildman–Crippen LogP) is 1.96. The first-order chi connectivity index (χ1) is 8.68. The summed E-state index contributed by atoms with van der Waals surface area (Å²) < 4.78 is 5.65. The summed E-state index contributed by atoms with van der Waals surface area (Å²) in [5.41, 5.74) is 7.04. The average molecular weight is 249 g/mol. The first-order valence-corrected chi connectivity index (χ1v) is 6.68. The van der Waals surface area contributed by atoms with Gasteiger partial charge in [0, 0.05) is 38.0 Å². The molecule has 1 aliphatic rings. The van der Waals surface area contributed by atoms with E-state index >= 15 is 0 Å². The summed E-state index contributed by atoms with van der Waals surface area (Å²) in [4.78, 5) is 6.53. The quantitative estimate of drug-likeness (QED) is 0.751. The molecule has 0 amide bonds. The van der Waals surface area contributed by atoms with Crippen molar-refractivity contribution in [3.05, 3.63) is 23.9 Å². The molecule has 4 nitrogen and oxygen atoms in total. The maximum Gasteiger partial charge on any atom is 0.133 e. The Labute approximate surface area is 109 Å². The maximum absolute atomic E-state index is 5.96. The van der Waals surface area contributed by atoms with Crippen LogP contribution in [0.5, 0.6) is 0 Å². The number of nitrogens with two attached hydrogens (primary N) is 1. The van der Waals surface area contributed by atoms with Crippen molar-refractivity contribution in [1.29, 1.82) is 0 Å². The molecule has 0 spiro atoms. The third-order valence-corrected chi connectivity index (χ3v) is 3.29. The molecule has 0 radical (unpaired) electrons. The molecule has 0 aromatic carbocycles. The number of likely N-dealkylation sites (N-methyl/N-ethyl adjacent to an activating group) is 1. The zero-order valence-corrected chi connectivity index (χ0v) is 11.3. The van der Waals surface area contributed by atoms with E-state index < -0.39 is 0 Å². The molecule has 1 heterocycles. The molecule has 0 bridgehead atoms. The van der Waals surface area contributed by atoms with Crippen LogP contribution >= 0.6 is 0 Å². The van der Waals surface area contributed by atoms with Crippen LogP contribution < -0.4 is 10.6 Å². The lowest BCUT2D eigenvalue weighted by Crippen LogP contribution is -2.26. The van der Waals surface area contributed by atoms with E-state index in [2.05, 4.69) is 9.88 Å². The zero-order valence-electron chi connectivity index (χ0n) is 11.3. The largest absolute Gasteiger partial charge is 0.379 e. The van der Waals surface area contributed by atoms with Gasteiger partial charge in [-0.2, -0.15) is 0 Å². The van der Waals surface area contributed by atoms with Crippen molar-refractivity contribution >= 4 is 5.82 Å². The van der Waals surface area contributed by atoms with E-state index in [1.807, 2.05) is 32.3 Å². The molecular formula is C14H23N3O. The highest BCUT2D eigenvalue weighted by Crippen LogP contribution is 2.28. The average Bonchev–Trinajstić information content (AvgIpc) is 3.18. The zero-order chi connectivity index (χ0) is 13.0. The Kier molecular flexibility index (Phi) is 4.55. The first kappa shape index (κ1) is 13.3. The van der Waals surface area contributed by atoms with Crippen LogP contribution in [0.15, 0.2) is 18.3 Å². The molecular weight excluding hydrogens is 226 g/mol. The molecule has 1 unspecified atom stereocenters. The highest BCUT2D eigenvalue weighted by molar-refractivity contribution is 5.47. The van der Waals surface area contributed by atoms with Crippen LogP contribution in [0, 0.1) is 5.92 Å². The summed E-state index contributed by atoms with van der Waals surface area (Å²) in [6.07, 6.45) is 4.48. The minimum atomic E-state index is 0.00327. The number of nitrogens with zero attached hydrogens (tertiary/aromatic N) is 2. The highest BCUT2D eigenvalue weighted by Gasteiger charge is 2.21. The Balaban J connectivity index is 1.84. The van der Waals surface area contributed by atoms with Crippen molar-refractivity contribution in [3.8, 4) is 0 Å². The Morgan fingerprint density at radius 1 is 1.56 bits per heavy atom. The SMILES string of the molecule is CC(N)c1cccnc1N(C)CCOCC1CC1. The summed E-state index contributed by atoms with van der Waals surface area (Å²) in [5, 5.41) is 0. The molecule has 1 aromatic rings. The van der Waals surface area contributed by atoms with Crippen molar-refractivity contribution < 1.29 is 4.74 Å². The fraction of sp³-hybridized carbons (Fsp3) is 0.643. The van der Waals surface area contributed by atoms with Crippen molar-refractivity contribution in [2.24, 2.45) is 11.7 Å². The van der Waals surface area contributed by atoms with Crippen LogP contribution in [0.25, 0.3) is 0 Å². The number of hydrogen-bond donors (Lipinski definition) is 1. The summed E-state index contributed by atoms with van der Waals surface area (Å²) >= 11 is 0. The molecule has 1 aromatic heterocycles. The standard InChI is InChI=1S/C14H23N3O/c1-11(15)13-4-3-7-16-14(13)17(2)8-9-18-10-12-5-6-12/h3-4,7,11-12H,5-6,8-10,15H2,1-2H3. The lowest BCUT2D eigenvalue weighted by molar-refractivity contribution is 0.130. The molecule has 100 valence electrons. The Bertz CT molecular complexity index is 377. The molecule has 0 saturated heterocycles. The third kappa shape index (κ3) is 3.68. The molecule has 1 fully saturated rings. The van der Waals surface area contributed by atoms with E-state index in [9.17, 15) is 0 Å². The van der Waals surface area contributed by atoms with Gasteiger partial charge in [0.05, 0.1) is 6.61 Å². The van der Waals surface area contributed by atoms with Crippen LogP contribution in [0.3, 0.4) is 0 Å². The predicted molar refractivity (Wildman–Crippen MR) is 73.7 cm³/mol. The minimum absolute atomic E-state index is 0.00327. The van der Waals surface area contributed by atoms with E-state index in [1.54, 1.807) is 0 Å². The van der Waals surface area contributed by atoms with Gasteiger partial charge in [0.1, 0.15) is 5.82 Å². The van der Waals surface area contributed by atoms with Crippen LogP contribution in [-0.2, 0) is 4.74 Å². The molecule has 1 saturated carbocycles. The number of anilines is 1. The molecule has 4 heteroatoms. The van der Waals surface area contributed by atoms with Gasteiger partial charge in [0.25, 0.3) is 0 Å². The van der Waals surface area contributed by atoms with E-state index in [4.69, 9.17) is 10.5 Å². The molecule has 0 aliphatic heterocycles. The van der Waals surface area contributed by atoms with E-state index in [-0.39, 0.29) is 6.04 Å². The van der Waals surface area contributed by atoms with Gasteiger partial charge in [-0.05, 0) is 31.7 Å². The molecule has 1 atom stereocenters. The Morgan fingerprint density at radius 3 is 3.00 bits per heavy atom. The molecule has 1 aliphatic carbocycles. The van der Waals surface area contributed by atoms with Crippen molar-refractivity contribution in [2.75, 3.05) is 31.7 Å². The topological polar surface area (TPSA) is 51.4 Å². The third-order valence-electron chi connectivity index (χ3n) is 3.29. The fourth-order valence-corrected chi connectivity index (χ4v) is 1.93. The van der Waals surface area contributed by atoms with Gasteiger partial charge in [-0.1, -0.05) is 6.07 Å².